The molecule has 0 aromatic heterocycles. The van der Waals surface area contributed by atoms with Gasteiger partial charge in [-0.1, -0.05) is 32.0 Å². The van der Waals surface area contributed by atoms with Crippen LogP contribution in [0, 0.1) is 0 Å². The van der Waals surface area contributed by atoms with Crippen LogP contribution in [0.3, 0.4) is 0 Å². The molecule has 0 saturated carbocycles. The molecular weight excluding hydrogens is 228 g/mol. The number of amides is 2. The highest BCUT2D eigenvalue weighted by Crippen LogP contribution is 2.22. The number of benzene rings is 1. The fourth-order valence-electron chi connectivity index (χ4n) is 1.39. The summed E-state index contributed by atoms with van der Waals surface area (Å²) in [7, 11) is -3.86. The second-order valence-corrected chi connectivity index (χ2v) is 5.31. The van der Waals surface area contributed by atoms with Gasteiger partial charge < -0.3 is 5.73 Å². The Bertz CT molecular complexity index is 495. The van der Waals surface area contributed by atoms with Crippen LogP contribution in [-0.4, -0.2) is 14.4 Å². The summed E-state index contributed by atoms with van der Waals surface area (Å²) in [5.41, 5.74) is 5.46. The summed E-state index contributed by atoms with van der Waals surface area (Å²) in [6, 6.07) is 5.42. The van der Waals surface area contributed by atoms with E-state index in [0.29, 0.717) is 5.56 Å². The third-order valence-corrected chi connectivity index (χ3v) is 3.49. The van der Waals surface area contributed by atoms with Crippen molar-refractivity contribution in [3.05, 3.63) is 29.8 Å². The lowest BCUT2D eigenvalue weighted by Gasteiger charge is -2.12. The molecule has 5 nitrogen and oxygen atoms in total. The average molecular weight is 242 g/mol. The minimum atomic E-state index is -3.86. The Balaban J connectivity index is 3.28. The number of hydrogen-bond acceptors (Lipinski definition) is 3. The van der Waals surface area contributed by atoms with Gasteiger partial charge in [0.15, 0.2) is 0 Å². The van der Waals surface area contributed by atoms with Crippen LogP contribution < -0.4 is 10.5 Å². The predicted octanol–water partition coefficient (Wildman–Crippen LogP) is 1.17. The molecule has 2 amide bonds. The lowest BCUT2D eigenvalue weighted by Crippen LogP contribution is -2.35. The maximum Gasteiger partial charge on any atom is 0.326 e. The number of nitrogens with one attached hydrogen (secondary N) is 1. The van der Waals surface area contributed by atoms with Crippen molar-refractivity contribution in [2.45, 2.75) is 24.7 Å². The van der Waals surface area contributed by atoms with Crippen LogP contribution in [0.15, 0.2) is 29.2 Å². The van der Waals surface area contributed by atoms with Crippen molar-refractivity contribution in [2.75, 3.05) is 0 Å². The molecule has 1 rings (SSSR count). The van der Waals surface area contributed by atoms with Crippen LogP contribution in [0.5, 0.6) is 0 Å². The Kier molecular flexibility index (Phi) is 3.54. The highest BCUT2D eigenvalue weighted by molar-refractivity contribution is 7.90. The van der Waals surface area contributed by atoms with Crippen molar-refractivity contribution in [3.63, 3.8) is 0 Å². The molecule has 6 heteroatoms. The summed E-state index contributed by atoms with van der Waals surface area (Å²) in [4.78, 5) is 10.7. The van der Waals surface area contributed by atoms with Crippen molar-refractivity contribution >= 4 is 16.1 Å². The van der Waals surface area contributed by atoms with E-state index in [1.807, 2.05) is 13.8 Å². The van der Waals surface area contributed by atoms with Gasteiger partial charge in [0, 0.05) is 0 Å². The Hall–Kier alpha value is -1.56. The second-order valence-electron chi connectivity index (χ2n) is 3.66. The lowest BCUT2D eigenvalue weighted by atomic mass is 10.0. The third kappa shape index (κ3) is 2.73. The van der Waals surface area contributed by atoms with E-state index in [9.17, 15) is 13.2 Å². The van der Waals surface area contributed by atoms with Gasteiger partial charge in [-0.25, -0.2) is 17.9 Å². The highest BCUT2D eigenvalue weighted by atomic mass is 32.2. The summed E-state index contributed by atoms with van der Waals surface area (Å²) in [6.45, 7) is 3.75. The number of carbonyl (C=O) groups is 1. The Morgan fingerprint density at radius 3 is 2.38 bits per heavy atom. The topological polar surface area (TPSA) is 89.3 Å². The quantitative estimate of drug-likeness (QED) is 0.833. The van der Waals surface area contributed by atoms with Crippen molar-refractivity contribution < 1.29 is 13.2 Å². The number of carbonyl (C=O) groups excluding carboxylic acids is 1. The zero-order valence-corrected chi connectivity index (χ0v) is 9.91. The molecule has 0 atom stereocenters. The zero-order chi connectivity index (χ0) is 12.3. The van der Waals surface area contributed by atoms with Crippen LogP contribution in [0.2, 0.25) is 0 Å². The van der Waals surface area contributed by atoms with Gasteiger partial charge in [-0.05, 0) is 17.5 Å². The molecule has 88 valence electrons. The zero-order valence-electron chi connectivity index (χ0n) is 9.10. The monoisotopic (exact) mass is 242 g/mol. The van der Waals surface area contributed by atoms with Crippen LogP contribution in [0.1, 0.15) is 25.3 Å². The van der Waals surface area contributed by atoms with Crippen LogP contribution in [0.4, 0.5) is 4.79 Å². The van der Waals surface area contributed by atoms with Gasteiger partial charge in [0.05, 0.1) is 4.90 Å². The first-order valence-electron chi connectivity index (χ1n) is 4.76. The standard InChI is InChI=1S/C10H14N2O3S/c1-7(2)8-5-3-4-6-9(8)16(14,15)12-10(11)13/h3-7H,1-2H3,(H3,11,12,13). The minimum Gasteiger partial charge on any atom is -0.351 e. The molecule has 0 fully saturated rings. The van der Waals surface area contributed by atoms with E-state index in [1.54, 1.807) is 22.9 Å². The predicted molar refractivity (Wildman–Crippen MR) is 60.4 cm³/mol. The SMILES string of the molecule is CC(C)c1ccccc1S(=O)(=O)NC(N)=O. The molecule has 0 spiro atoms. The molecule has 0 saturated heterocycles. The maximum absolute atomic E-state index is 11.8. The smallest absolute Gasteiger partial charge is 0.326 e. The van der Waals surface area contributed by atoms with Gasteiger partial charge in [-0.15, -0.1) is 0 Å². The number of nitrogens with two attached hydrogens (primary N) is 1. The molecule has 0 aliphatic carbocycles. The van der Waals surface area contributed by atoms with E-state index in [1.165, 1.54) is 6.07 Å². The molecule has 0 bridgehead atoms. The molecule has 0 unspecified atom stereocenters. The summed E-state index contributed by atoms with van der Waals surface area (Å²) in [5.74, 6) is 0.0423. The van der Waals surface area contributed by atoms with E-state index < -0.39 is 16.1 Å². The molecule has 1 aromatic carbocycles. The molecule has 1 aromatic rings. The van der Waals surface area contributed by atoms with Gasteiger partial charge in [0.2, 0.25) is 0 Å². The number of primary amides is 1. The van der Waals surface area contributed by atoms with Crippen LogP contribution >= 0.6 is 0 Å². The number of urea groups is 1. The summed E-state index contributed by atoms with van der Waals surface area (Å²) in [5, 5.41) is 0. The Labute approximate surface area is 94.7 Å². The molecule has 16 heavy (non-hydrogen) atoms. The lowest BCUT2D eigenvalue weighted by molar-refractivity contribution is 0.253. The van der Waals surface area contributed by atoms with Gasteiger partial charge >= 0.3 is 6.03 Å². The van der Waals surface area contributed by atoms with Gasteiger partial charge in [-0.2, -0.15) is 0 Å². The third-order valence-electron chi connectivity index (χ3n) is 2.07. The normalized spacial score (nSPS) is 11.4. The number of sulfonamides is 1. The van der Waals surface area contributed by atoms with E-state index in [-0.39, 0.29) is 10.8 Å². The largest absolute Gasteiger partial charge is 0.351 e. The molecule has 0 aliphatic heterocycles. The van der Waals surface area contributed by atoms with Crippen molar-refractivity contribution in [1.82, 2.24) is 4.72 Å². The van der Waals surface area contributed by atoms with E-state index >= 15 is 0 Å². The Morgan fingerprint density at radius 1 is 1.31 bits per heavy atom. The highest BCUT2D eigenvalue weighted by Gasteiger charge is 2.20. The molecule has 0 heterocycles. The summed E-state index contributed by atoms with van der Waals surface area (Å²) < 4.78 is 25.3. The summed E-state index contributed by atoms with van der Waals surface area (Å²) in [6.07, 6.45) is 0. The Morgan fingerprint density at radius 2 is 1.88 bits per heavy atom. The van der Waals surface area contributed by atoms with E-state index in [4.69, 9.17) is 5.73 Å². The van der Waals surface area contributed by atoms with Gasteiger partial charge in [-0.3, -0.25) is 0 Å². The van der Waals surface area contributed by atoms with E-state index in [0.717, 1.165) is 0 Å². The molecule has 0 aliphatic rings. The first kappa shape index (κ1) is 12.5. The maximum atomic E-state index is 11.8. The van der Waals surface area contributed by atoms with E-state index in [2.05, 4.69) is 0 Å². The van der Waals surface area contributed by atoms with Crippen LogP contribution in [0.25, 0.3) is 0 Å². The van der Waals surface area contributed by atoms with Gasteiger partial charge in [0.1, 0.15) is 0 Å². The fraction of sp³-hybridized carbons (Fsp3) is 0.300. The first-order valence-corrected chi connectivity index (χ1v) is 6.24. The van der Waals surface area contributed by atoms with Crippen molar-refractivity contribution in [1.29, 1.82) is 0 Å². The van der Waals surface area contributed by atoms with Crippen molar-refractivity contribution in [3.8, 4) is 0 Å². The van der Waals surface area contributed by atoms with Crippen LogP contribution in [-0.2, 0) is 10.0 Å². The molecular formula is C10H14N2O3S. The minimum absolute atomic E-state index is 0.0423. The first-order chi connectivity index (χ1) is 7.34. The number of rotatable bonds is 3. The average Bonchev–Trinajstić information content (AvgIpc) is 2.15. The number of hydrogen-bond donors (Lipinski definition) is 2. The van der Waals surface area contributed by atoms with Gasteiger partial charge in [0.25, 0.3) is 10.0 Å². The van der Waals surface area contributed by atoms with Crippen molar-refractivity contribution in [2.24, 2.45) is 5.73 Å². The molecule has 0 radical (unpaired) electrons. The second kappa shape index (κ2) is 4.52. The molecule has 3 N–H and O–H groups in total. The summed E-state index contributed by atoms with van der Waals surface area (Å²) >= 11 is 0. The fourth-order valence-corrected chi connectivity index (χ4v) is 2.64.